The molecule has 57 heavy (non-hydrogen) atoms. The van der Waals surface area contributed by atoms with E-state index in [0.29, 0.717) is 19.3 Å². The van der Waals surface area contributed by atoms with E-state index in [1.54, 1.807) is 34.6 Å². The third-order valence-corrected chi connectivity index (χ3v) is 9.32. The third-order valence-electron chi connectivity index (χ3n) is 9.32. The molecule has 0 aromatic rings. The van der Waals surface area contributed by atoms with E-state index in [4.69, 9.17) is 10.2 Å². The summed E-state index contributed by atoms with van der Waals surface area (Å²) in [5, 5.41) is 41.5. The molecule has 0 aliphatic carbocycles. The lowest BCUT2D eigenvalue weighted by Crippen LogP contribution is -2.61. The van der Waals surface area contributed by atoms with E-state index in [1.807, 2.05) is 5.32 Å². The fourth-order valence-corrected chi connectivity index (χ4v) is 6.01. The van der Waals surface area contributed by atoms with Gasteiger partial charge in [-0.15, -0.1) is 0 Å². The largest absolute Gasteiger partial charge is 0.481 e. The van der Waals surface area contributed by atoms with Gasteiger partial charge in [-0.05, 0) is 43.9 Å². The van der Waals surface area contributed by atoms with E-state index in [2.05, 4.69) is 26.6 Å². The molecule has 1 aliphatic heterocycles. The number of hydrogen-bond acceptors (Lipinski definition) is 11. The highest BCUT2D eigenvalue weighted by Gasteiger charge is 2.41. The lowest BCUT2D eigenvalue weighted by molar-refractivity contribution is -0.145. The fraction of sp³-hybridized carbons (Fsp3) is 0.694. The third kappa shape index (κ3) is 16.6. The van der Waals surface area contributed by atoms with Crippen LogP contribution in [-0.4, -0.2) is 135 Å². The first kappa shape index (κ1) is 49.4. The first-order valence-corrected chi connectivity index (χ1v) is 18.9. The number of rotatable bonds is 25. The second kappa shape index (κ2) is 24.1. The predicted octanol–water partition coefficient (Wildman–Crippen LogP) is -1.58. The molecule has 0 radical (unpaired) electrons. The average Bonchev–Trinajstić information content (AvgIpc) is 3.63. The quantitative estimate of drug-likeness (QED) is 0.0471. The van der Waals surface area contributed by atoms with Gasteiger partial charge in [0.1, 0.15) is 36.8 Å². The average molecular weight is 812 g/mol. The van der Waals surface area contributed by atoms with E-state index < -0.39 is 139 Å². The van der Waals surface area contributed by atoms with Gasteiger partial charge in [0.25, 0.3) is 5.91 Å². The number of aliphatic carboxylic acids is 3. The van der Waals surface area contributed by atoms with Crippen molar-refractivity contribution in [2.24, 2.45) is 11.8 Å². The van der Waals surface area contributed by atoms with Crippen LogP contribution in [0.5, 0.6) is 0 Å². The first-order valence-electron chi connectivity index (χ1n) is 18.9. The number of ketones is 1. The summed E-state index contributed by atoms with van der Waals surface area (Å²) >= 11 is 0. The highest BCUT2D eigenvalue weighted by Crippen LogP contribution is 2.22. The second-order valence-electron chi connectivity index (χ2n) is 14.3. The van der Waals surface area contributed by atoms with Crippen molar-refractivity contribution in [3.8, 4) is 0 Å². The number of Topliss-reactive ketones (excluding diaryl/α,β-unsaturated/α-hetero) is 1. The van der Waals surface area contributed by atoms with Gasteiger partial charge in [0.15, 0.2) is 0 Å². The zero-order valence-electron chi connectivity index (χ0n) is 33.2. The molecule has 1 saturated heterocycles. The molecular weight excluding hydrogens is 754 g/mol. The Morgan fingerprint density at radius 1 is 0.667 bits per heavy atom. The fourth-order valence-electron chi connectivity index (χ4n) is 6.01. The Bertz CT molecular complexity index is 1520. The van der Waals surface area contributed by atoms with Crippen molar-refractivity contribution in [3.63, 3.8) is 0 Å². The van der Waals surface area contributed by atoms with Crippen LogP contribution in [0.2, 0.25) is 0 Å². The molecule has 0 bridgehead atoms. The Morgan fingerprint density at radius 2 is 1.21 bits per heavy atom. The van der Waals surface area contributed by atoms with Crippen LogP contribution < -0.4 is 31.9 Å². The van der Waals surface area contributed by atoms with Crippen LogP contribution in [0.1, 0.15) is 99.3 Å². The minimum Gasteiger partial charge on any atom is -0.481 e. The maximum Gasteiger partial charge on any atom is 0.322 e. The molecular formula is C36H57N7O14. The number of amides is 7. The van der Waals surface area contributed by atoms with Crippen LogP contribution in [0.15, 0.2) is 0 Å². The van der Waals surface area contributed by atoms with Crippen LogP contribution >= 0.6 is 0 Å². The van der Waals surface area contributed by atoms with Crippen LogP contribution in [-0.2, 0) is 52.7 Å². The highest BCUT2D eigenvalue weighted by molar-refractivity contribution is 6.38. The van der Waals surface area contributed by atoms with Gasteiger partial charge in [0.05, 0.1) is 6.04 Å². The molecule has 0 aromatic heterocycles. The van der Waals surface area contributed by atoms with Crippen molar-refractivity contribution < 1.29 is 68.1 Å². The summed E-state index contributed by atoms with van der Waals surface area (Å²) < 4.78 is 0. The molecule has 1 fully saturated rings. The minimum absolute atomic E-state index is 0.0566. The van der Waals surface area contributed by atoms with Gasteiger partial charge >= 0.3 is 17.9 Å². The Balaban J connectivity index is 3.28. The SMILES string of the molecule is CCC[C@H](NC(=O)[C@@H]1CCCN1C(=O)[C@@H](NC(=O)[C@@H](NC(=O)[C@H](CCC(=O)O)NC(=O)[C@H](CCC(=O)O)NC(C)=O)C(C)C)C(C)CC)C(=O)C(=O)NCC(=O)O. The summed E-state index contributed by atoms with van der Waals surface area (Å²) in [6.07, 6.45) is -0.449. The van der Waals surface area contributed by atoms with E-state index in [-0.39, 0.29) is 25.8 Å². The minimum atomic E-state index is -1.54. The molecule has 7 atom stereocenters. The summed E-state index contributed by atoms with van der Waals surface area (Å²) in [5.41, 5.74) is 0. The van der Waals surface area contributed by atoms with Gasteiger partial charge in [0, 0.05) is 26.3 Å². The van der Waals surface area contributed by atoms with Crippen molar-refractivity contribution in [3.05, 3.63) is 0 Å². The van der Waals surface area contributed by atoms with Crippen LogP contribution in [0, 0.1) is 11.8 Å². The molecule has 9 N–H and O–H groups in total. The Labute approximate surface area is 330 Å². The van der Waals surface area contributed by atoms with Crippen molar-refractivity contribution >= 4 is 65.0 Å². The van der Waals surface area contributed by atoms with Crippen LogP contribution in [0.3, 0.4) is 0 Å². The molecule has 21 nitrogen and oxygen atoms in total. The van der Waals surface area contributed by atoms with Gasteiger partial charge in [-0.2, -0.15) is 0 Å². The van der Waals surface area contributed by atoms with Crippen molar-refractivity contribution in [2.45, 2.75) is 136 Å². The molecule has 7 amide bonds. The number of nitrogens with zero attached hydrogens (tertiary/aromatic N) is 1. The van der Waals surface area contributed by atoms with Gasteiger partial charge in [-0.25, -0.2) is 0 Å². The normalized spacial score (nSPS) is 16.8. The lowest BCUT2D eigenvalue weighted by atomic mass is 9.95. The number of likely N-dealkylation sites (tertiary alicyclic amines) is 1. The number of carboxylic acids is 3. The standard InChI is InChI=1S/C36H57N7O14/c1-7-10-21(30(51)35(56)37-17-27(49)50)39-33(54)24-11-9-16-43(24)36(57)29(19(5)8-2)42-34(55)28(18(3)4)41-32(53)23(13-15-26(47)48)40-31(52)22(38-20(6)44)12-14-25(45)46/h18-19,21-24,28-29H,7-17H2,1-6H3,(H,37,56)(H,38,44)(H,39,54)(H,40,52)(H,41,53)(H,42,55)(H,45,46)(H,47,48)(H,49,50)/t19?,21-,22-,23-,24-,28-,29-/m0/s1. The highest BCUT2D eigenvalue weighted by atomic mass is 16.4. The molecule has 0 aromatic carbocycles. The van der Waals surface area contributed by atoms with Crippen LogP contribution in [0.4, 0.5) is 0 Å². The number of carbonyl (C=O) groups excluding carboxylic acids is 8. The molecule has 0 spiro atoms. The number of carboxylic acid groups (broad SMARTS) is 3. The van der Waals surface area contributed by atoms with Gasteiger partial charge in [-0.1, -0.05) is 47.5 Å². The van der Waals surface area contributed by atoms with E-state index in [1.165, 1.54) is 4.90 Å². The Kier molecular flexibility index (Phi) is 20.9. The monoisotopic (exact) mass is 811 g/mol. The smallest absolute Gasteiger partial charge is 0.322 e. The summed E-state index contributed by atoms with van der Waals surface area (Å²) in [6.45, 7) is 8.76. The lowest BCUT2D eigenvalue weighted by Gasteiger charge is -2.33. The summed E-state index contributed by atoms with van der Waals surface area (Å²) in [6, 6.07) is -7.82. The number of carbonyl (C=O) groups is 11. The molecule has 21 heteroatoms. The van der Waals surface area contributed by atoms with E-state index in [0.717, 1.165) is 6.92 Å². The zero-order chi connectivity index (χ0) is 43.6. The number of hydrogen-bond donors (Lipinski definition) is 9. The Hall–Kier alpha value is -5.63. The molecule has 1 aliphatic rings. The first-order chi connectivity index (χ1) is 26.6. The Morgan fingerprint density at radius 3 is 1.70 bits per heavy atom. The van der Waals surface area contributed by atoms with Crippen LogP contribution in [0.25, 0.3) is 0 Å². The zero-order valence-corrected chi connectivity index (χ0v) is 33.2. The molecule has 0 saturated carbocycles. The van der Waals surface area contributed by atoms with Crippen molar-refractivity contribution in [2.75, 3.05) is 13.1 Å². The maximum atomic E-state index is 14.1. The predicted molar refractivity (Wildman–Crippen MR) is 199 cm³/mol. The van der Waals surface area contributed by atoms with Gasteiger partial charge in [-0.3, -0.25) is 52.7 Å². The number of nitrogens with one attached hydrogen (secondary N) is 6. The van der Waals surface area contributed by atoms with Gasteiger partial charge in [0.2, 0.25) is 41.2 Å². The van der Waals surface area contributed by atoms with Crippen molar-refractivity contribution in [1.29, 1.82) is 0 Å². The summed E-state index contributed by atoms with van der Waals surface area (Å²) in [7, 11) is 0. The second-order valence-corrected chi connectivity index (χ2v) is 14.3. The van der Waals surface area contributed by atoms with Gasteiger partial charge < -0.3 is 52.1 Å². The summed E-state index contributed by atoms with van der Waals surface area (Å²) in [4.78, 5) is 140. The van der Waals surface area contributed by atoms with E-state index >= 15 is 0 Å². The topological polar surface area (TPSA) is 324 Å². The summed E-state index contributed by atoms with van der Waals surface area (Å²) in [5.74, 6) is -12.0. The molecule has 320 valence electrons. The van der Waals surface area contributed by atoms with Crippen molar-refractivity contribution in [1.82, 2.24) is 36.8 Å². The molecule has 1 unspecified atom stereocenters. The maximum absolute atomic E-state index is 14.1. The van der Waals surface area contributed by atoms with E-state index in [9.17, 15) is 57.8 Å². The molecule has 1 heterocycles. The molecule has 1 rings (SSSR count).